The summed E-state index contributed by atoms with van der Waals surface area (Å²) in [6.45, 7) is 4.58. The van der Waals surface area contributed by atoms with Gasteiger partial charge in [0.15, 0.2) is 0 Å². The normalized spacial score (nSPS) is 11.8. The van der Waals surface area contributed by atoms with E-state index in [1.165, 1.54) is 4.90 Å². The van der Waals surface area contributed by atoms with Gasteiger partial charge in [-0.2, -0.15) is 0 Å². The molecule has 36 heavy (non-hydrogen) atoms. The first-order valence-electron chi connectivity index (χ1n) is 11.9. The predicted octanol–water partition coefficient (Wildman–Crippen LogP) is 5.40. The van der Waals surface area contributed by atoms with Crippen LogP contribution in [0.4, 0.5) is 4.79 Å². The fraction of sp³-hybridized carbons (Fsp3) is 0.321. The number of fused-ring (bicyclic) bond motifs is 1. The molecule has 8 heteroatoms. The molecule has 0 saturated carbocycles. The molecule has 0 aliphatic heterocycles. The smallest absolute Gasteiger partial charge is 0.326 e. The van der Waals surface area contributed by atoms with Crippen molar-refractivity contribution in [3.63, 3.8) is 0 Å². The largest absolute Gasteiger partial charge is 0.480 e. The van der Waals surface area contributed by atoms with Crippen molar-refractivity contribution < 1.29 is 24.2 Å². The van der Waals surface area contributed by atoms with Gasteiger partial charge in [0.05, 0.1) is 6.42 Å². The van der Waals surface area contributed by atoms with Gasteiger partial charge < -0.3 is 20.1 Å². The minimum atomic E-state index is -1.14. The van der Waals surface area contributed by atoms with Gasteiger partial charge in [-0.15, -0.1) is 0 Å². The number of nitrogens with zero attached hydrogens (tertiary/aromatic N) is 1. The minimum Gasteiger partial charge on any atom is -0.480 e. The van der Waals surface area contributed by atoms with E-state index in [9.17, 15) is 19.5 Å². The molecule has 0 aromatic heterocycles. The topological polar surface area (TPSA) is 95.9 Å². The van der Waals surface area contributed by atoms with Gasteiger partial charge in [0, 0.05) is 24.0 Å². The zero-order valence-electron chi connectivity index (χ0n) is 20.4. The number of rotatable bonds is 11. The molecule has 0 aliphatic carbocycles. The minimum absolute atomic E-state index is 0.0135. The summed E-state index contributed by atoms with van der Waals surface area (Å²) in [5.74, 6) is -1.42. The lowest BCUT2D eigenvalue weighted by atomic mass is 9.99. The van der Waals surface area contributed by atoms with Gasteiger partial charge >= 0.3 is 18.0 Å². The maximum atomic E-state index is 13.1. The van der Waals surface area contributed by atoms with Crippen molar-refractivity contribution in [3.8, 4) is 0 Å². The number of esters is 1. The molecule has 0 aliphatic rings. The maximum absolute atomic E-state index is 13.1. The molecule has 3 aromatic carbocycles. The van der Waals surface area contributed by atoms with Crippen LogP contribution >= 0.6 is 15.9 Å². The van der Waals surface area contributed by atoms with Gasteiger partial charge in [-0.1, -0.05) is 90.4 Å². The summed E-state index contributed by atoms with van der Waals surface area (Å²) < 4.78 is 6.10. The van der Waals surface area contributed by atoms with Gasteiger partial charge in [0.25, 0.3) is 0 Å². The van der Waals surface area contributed by atoms with Gasteiger partial charge in [0.2, 0.25) is 0 Å². The first-order valence-corrected chi connectivity index (χ1v) is 12.7. The van der Waals surface area contributed by atoms with Crippen LogP contribution in [-0.4, -0.2) is 47.1 Å². The number of ether oxygens (including phenoxy) is 1. The Labute approximate surface area is 219 Å². The number of hydrogen-bond acceptors (Lipinski definition) is 4. The van der Waals surface area contributed by atoms with E-state index in [0.29, 0.717) is 6.54 Å². The average Bonchev–Trinajstić information content (AvgIpc) is 2.86. The number of benzene rings is 3. The Balaban J connectivity index is 1.66. The number of amides is 2. The average molecular weight is 555 g/mol. The van der Waals surface area contributed by atoms with Crippen LogP contribution in [-0.2, 0) is 27.4 Å². The summed E-state index contributed by atoms with van der Waals surface area (Å²) >= 11 is 3.53. The van der Waals surface area contributed by atoms with E-state index in [1.54, 1.807) is 0 Å². The molecule has 190 valence electrons. The van der Waals surface area contributed by atoms with Crippen LogP contribution in [0.3, 0.4) is 0 Å². The number of halogens is 1. The third kappa shape index (κ3) is 7.81. The first kappa shape index (κ1) is 27.2. The van der Waals surface area contributed by atoms with E-state index in [2.05, 4.69) is 21.2 Å². The summed E-state index contributed by atoms with van der Waals surface area (Å²) in [6.07, 6.45) is 0.122. The molecule has 3 rings (SSSR count). The molecule has 2 N–H and O–H groups in total. The molecule has 0 saturated heterocycles. The Kier molecular flexibility index (Phi) is 9.87. The monoisotopic (exact) mass is 554 g/mol. The number of nitrogens with one attached hydrogen (secondary N) is 1. The highest BCUT2D eigenvalue weighted by Crippen LogP contribution is 2.27. The Morgan fingerprint density at radius 2 is 1.69 bits per heavy atom. The number of hydrogen-bond donors (Lipinski definition) is 2. The Hall–Kier alpha value is -3.39. The molecular formula is C28H31BrN2O5. The van der Waals surface area contributed by atoms with E-state index in [-0.39, 0.29) is 31.9 Å². The maximum Gasteiger partial charge on any atom is 0.326 e. The number of urea groups is 1. The zero-order chi connectivity index (χ0) is 26.1. The SMILES string of the molecule is CC(C)CN(CCC(=O)OCc1ccccc1)C(=O)N[C@@H](Cc1c(Br)ccc2ccccc12)C(=O)O. The first-order chi connectivity index (χ1) is 17.2. The highest BCUT2D eigenvalue weighted by molar-refractivity contribution is 9.10. The second kappa shape index (κ2) is 13.1. The predicted molar refractivity (Wildman–Crippen MR) is 143 cm³/mol. The van der Waals surface area contributed by atoms with Gasteiger partial charge in [-0.25, -0.2) is 9.59 Å². The highest BCUT2D eigenvalue weighted by Gasteiger charge is 2.26. The van der Waals surface area contributed by atoms with Crippen LogP contribution in [0.1, 0.15) is 31.4 Å². The van der Waals surface area contributed by atoms with E-state index < -0.39 is 24.0 Å². The summed E-state index contributed by atoms with van der Waals surface area (Å²) in [6, 6.07) is 19.2. The van der Waals surface area contributed by atoms with E-state index in [1.807, 2.05) is 80.6 Å². The van der Waals surface area contributed by atoms with Crippen molar-refractivity contribution in [3.05, 3.63) is 82.3 Å². The third-order valence-corrected chi connectivity index (χ3v) is 6.43. The number of carbonyl (C=O) groups excluding carboxylic acids is 2. The summed E-state index contributed by atoms with van der Waals surface area (Å²) in [5.41, 5.74) is 1.69. The molecule has 0 bridgehead atoms. The molecule has 0 unspecified atom stereocenters. The van der Waals surface area contributed by atoms with E-state index in [4.69, 9.17) is 4.74 Å². The molecule has 0 spiro atoms. The molecule has 3 aromatic rings. The fourth-order valence-electron chi connectivity index (χ4n) is 3.91. The van der Waals surface area contributed by atoms with E-state index in [0.717, 1.165) is 26.4 Å². The van der Waals surface area contributed by atoms with Crippen LogP contribution < -0.4 is 5.32 Å². The Morgan fingerprint density at radius 3 is 2.39 bits per heavy atom. The lowest BCUT2D eigenvalue weighted by molar-refractivity contribution is -0.145. The van der Waals surface area contributed by atoms with Crippen molar-refractivity contribution in [1.29, 1.82) is 0 Å². The number of carbonyl (C=O) groups is 3. The summed E-state index contributed by atoms with van der Waals surface area (Å²) in [4.78, 5) is 39.0. The molecule has 0 heterocycles. The van der Waals surface area contributed by atoms with Gasteiger partial charge in [0.1, 0.15) is 12.6 Å². The van der Waals surface area contributed by atoms with Crippen molar-refractivity contribution in [1.82, 2.24) is 10.2 Å². The molecule has 0 radical (unpaired) electrons. The van der Waals surface area contributed by atoms with E-state index >= 15 is 0 Å². The third-order valence-electron chi connectivity index (χ3n) is 5.69. The standard InChI is InChI=1S/C28H31BrN2O5/c1-19(2)17-31(15-14-26(32)36-18-20-8-4-3-5-9-20)28(35)30-25(27(33)34)16-23-22-11-7-6-10-21(22)12-13-24(23)29/h3-13,19,25H,14-18H2,1-2H3,(H,30,35)(H,33,34)/t25-/m0/s1. The van der Waals surface area contributed by atoms with Crippen molar-refractivity contribution in [2.75, 3.05) is 13.1 Å². The molecular weight excluding hydrogens is 524 g/mol. The molecule has 1 atom stereocenters. The number of aliphatic carboxylic acids is 1. The van der Waals surface area contributed by atoms with Crippen molar-refractivity contribution >= 4 is 44.7 Å². The summed E-state index contributed by atoms with van der Waals surface area (Å²) in [5, 5.41) is 14.5. The summed E-state index contributed by atoms with van der Waals surface area (Å²) in [7, 11) is 0. The quantitative estimate of drug-likeness (QED) is 0.309. The van der Waals surface area contributed by atoms with Crippen molar-refractivity contribution in [2.24, 2.45) is 5.92 Å². The Bertz CT molecular complexity index is 1200. The lowest BCUT2D eigenvalue weighted by Gasteiger charge is -2.27. The number of carboxylic acid groups (broad SMARTS) is 1. The fourth-order valence-corrected chi connectivity index (χ4v) is 4.42. The lowest BCUT2D eigenvalue weighted by Crippen LogP contribution is -2.50. The highest BCUT2D eigenvalue weighted by atomic mass is 79.9. The molecule has 0 fully saturated rings. The number of carboxylic acids is 1. The molecule has 2 amide bonds. The van der Waals surface area contributed by atoms with Gasteiger partial charge in [-0.3, -0.25) is 4.79 Å². The van der Waals surface area contributed by atoms with Crippen molar-refractivity contribution in [2.45, 2.75) is 39.3 Å². The Morgan fingerprint density at radius 1 is 1.00 bits per heavy atom. The van der Waals surface area contributed by atoms with Crippen LogP contribution in [0, 0.1) is 5.92 Å². The second-order valence-corrected chi connectivity index (χ2v) is 9.88. The van der Waals surface area contributed by atoms with Gasteiger partial charge in [-0.05, 0) is 33.9 Å². The zero-order valence-corrected chi connectivity index (χ0v) is 22.0. The van der Waals surface area contributed by atoms with Crippen LogP contribution in [0.5, 0.6) is 0 Å². The van der Waals surface area contributed by atoms with Crippen LogP contribution in [0.2, 0.25) is 0 Å². The van der Waals surface area contributed by atoms with Crippen LogP contribution in [0.25, 0.3) is 10.8 Å². The molecule has 7 nitrogen and oxygen atoms in total. The second-order valence-electron chi connectivity index (χ2n) is 9.03. The van der Waals surface area contributed by atoms with Crippen LogP contribution in [0.15, 0.2) is 71.2 Å².